The fourth-order valence-electron chi connectivity index (χ4n) is 2.90. The fourth-order valence-corrected chi connectivity index (χ4v) is 3.87. The summed E-state index contributed by atoms with van der Waals surface area (Å²) in [6, 6.07) is 6.12. The van der Waals surface area contributed by atoms with Crippen molar-refractivity contribution in [2.75, 3.05) is 0 Å². The third-order valence-electron chi connectivity index (χ3n) is 4.38. The first-order valence-corrected chi connectivity index (χ1v) is 9.46. The van der Waals surface area contributed by atoms with E-state index in [0.29, 0.717) is 22.3 Å². The minimum absolute atomic E-state index is 0.00188. The maximum atomic E-state index is 13.5. The van der Waals surface area contributed by atoms with Crippen molar-refractivity contribution in [1.29, 1.82) is 0 Å². The Bertz CT molecular complexity index is 1050. The van der Waals surface area contributed by atoms with Gasteiger partial charge >= 0.3 is 0 Å². The number of rotatable bonds is 5. The van der Waals surface area contributed by atoms with Crippen LogP contribution in [0.3, 0.4) is 0 Å². The Morgan fingerprint density at radius 2 is 2.04 bits per heavy atom. The molecule has 4 nitrogen and oxygen atoms in total. The SMILES string of the molecule is CCc1cc2c(=O)n(CC(=O)c3ccc(F)c(C)c3)c(C(C)C)nc2s1. The molecule has 0 N–H and O–H groups in total. The lowest BCUT2D eigenvalue weighted by molar-refractivity contribution is 0.0969. The second kappa shape index (κ2) is 7.11. The number of fused-ring (bicyclic) bond motifs is 1. The minimum atomic E-state index is -0.352. The van der Waals surface area contributed by atoms with E-state index in [1.807, 2.05) is 26.8 Å². The van der Waals surface area contributed by atoms with E-state index in [4.69, 9.17) is 0 Å². The highest BCUT2D eigenvalue weighted by molar-refractivity contribution is 7.18. The number of carbonyl (C=O) groups excluding carboxylic acids is 1. The maximum absolute atomic E-state index is 13.5. The lowest BCUT2D eigenvalue weighted by Gasteiger charge is -2.14. The van der Waals surface area contributed by atoms with Gasteiger partial charge in [0.1, 0.15) is 16.5 Å². The standard InChI is InChI=1S/C20H21FN2O2S/c1-5-14-9-15-19(26-14)22-18(11(2)3)23(20(15)25)10-17(24)13-6-7-16(21)12(4)8-13/h6-9,11H,5,10H2,1-4H3. The molecule has 0 unspecified atom stereocenters. The number of halogens is 1. The normalized spacial score (nSPS) is 11.5. The van der Waals surface area contributed by atoms with Crippen molar-refractivity contribution in [3.63, 3.8) is 0 Å². The molecule has 2 aromatic heterocycles. The molecule has 0 atom stereocenters. The summed E-state index contributed by atoms with van der Waals surface area (Å²) in [5, 5.41) is 0.555. The third kappa shape index (κ3) is 3.33. The number of hydrogen-bond acceptors (Lipinski definition) is 4. The second-order valence-electron chi connectivity index (χ2n) is 6.69. The van der Waals surface area contributed by atoms with Crippen molar-refractivity contribution < 1.29 is 9.18 Å². The van der Waals surface area contributed by atoms with Gasteiger partial charge in [0.15, 0.2) is 5.78 Å². The first-order chi connectivity index (χ1) is 12.3. The molecule has 2 heterocycles. The summed E-state index contributed by atoms with van der Waals surface area (Å²) in [7, 11) is 0. The van der Waals surface area contributed by atoms with E-state index in [1.165, 1.54) is 34.1 Å². The van der Waals surface area contributed by atoms with Crippen LogP contribution < -0.4 is 5.56 Å². The molecule has 0 aliphatic carbocycles. The second-order valence-corrected chi connectivity index (χ2v) is 7.80. The van der Waals surface area contributed by atoms with E-state index in [2.05, 4.69) is 4.98 Å². The summed E-state index contributed by atoms with van der Waals surface area (Å²) in [4.78, 5) is 32.1. The Morgan fingerprint density at radius 3 is 2.65 bits per heavy atom. The number of thiophene rings is 1. The molecule has 26 heavy (non-hydrogen) atoms. The predicted octanol–water partition coefficient (Wildman–Crippen LogP) is 4.47. The molecular formula is C20H21FN2O2S. The van der Waals surface area contributed by atoms with Crippen molar-refractivity contribution in [1.82, 2.24) is 9.55 Å². The van der Waals surface area contributed by atoms with Crippen LogP contribution in [0.4, 0.5) is 4.39 Å². The van der Waals surface area contributed by atoms with E-state index >= 15 is 0 Å². The van der Waals surface area contributed by atoms with Crippen LogP contribution in [0.2, 0.25) is 0 Å². The van der Waals surface area contributed by atoms with Crippen LogP contribution in [-0.4, -0.2) is 15.3 Å². The molecule has 3 aromatic rings. The van der Waals surface area contributed by atoms with Crippen LogP contribution in [0.5, 0.6) is 0 Å². The van der Waals surface area contributed by atoms with Crippen molar-refractivity contribution in [3.05, 3.63) is 62.3 Å². The number of Topliss-reactive ketones (excluding diaryl/α,β-unsaturated/α-hetero) is 1. The van der Waals surface area contributed by atoms with E-state index in [-0.39, 0.29) is 29.6 Å². The van der Waals surface area contributed by atoms with Crippen LogP contribution in [0.15, 0.2) is 29.1 Å². The van der Waals surface area contributed by atoms with Gasteiger partial charge in [0, 0.05) is 16.4 Å². The molecule has 0 radical (unpaired) electrons. The largest absolute Gasteiger partial charge is 0.292 e. The predicted molar refractivity (Wildman–Crippen MR) is 103 cm³/mol. The summed E-state index contributed by atoms with van der Waals surface area (Å²) < 4.78 is 14.9. The Kier molecular flexibility index (Phi) is 5.05. The van der Waals surface area contributed by atoms with Gasteiger partial charge in [0.2, 0.25) is 0 Å². The van der Waals surface area contributed by atoms with E-state index in [9.17, 15) is 14.0 Å². The molecule has 0 spiro atoms. The number of aryl methyl sites for hydroxylation is 2. The lowest BCUT2D eigenvalue weighted by Crippen LogP contribution is -2.29. The number of hydrogen-bond donors (Lipinski definition) is 0. The first kappa shape index (κ1) is 18.5. The molecule has 0 aliphatic rings. The summed E-state index contributed by atoms with van der Waals surface area (Å²) in [6.45, 7) is 7.45. The van der Waals surface area contributed by atoms with Gasteiger partial charge in [-0.05, 0) is 43.2 Å². The topological polar surface area (TPSA) is 52.0 Å². The van der Waals surface area contributed by atoms with Crippen LogP contribution in [0.1, 0.15) is 53.3 Å². The van der Waals surface area contributed by atoms with E-state index in [1.54, 1.807) is 6.92 Å². The van der Waals surface area contributed by atoms with Crippen molar-refractivity contribution >= 4 is 27.3 Å². The highest BCUT2D eigenvalue weighted by atomic mass is 32.1. The van der Waals surface area contributed by atoms with Crippen LogP contribution in [0.25, 0.3) is 10.2 Å². The number of ketones is 1. The van der Waals surface area contributed by atoms with Crippen LogP contribution in [0, 0.1) is 12.7 Å². The third-order valence-corrected chi connectivity index (χ3v) is 5.55. The quantitative estimate of drug-likeness (QED) is 0.621. The highest BCUT2D eigenvalue weighted by Crippen LogP contribution is 2.24. The van der Waals surface area contributed by atoms with Gasteiger partial charge in [0.05, 0.1) is 11.9 Å². The van der Waals surface area contributed by atoms with Gasteiger partial charge in [-0.1, -0.05) is 20.8 Å². The Balaban J connectivity index is 2.09. The molecule has 6 heteroatoms. The van der Waals surface area contributed by atoms with Gasteiger partial charge in [-0.3, -0.25) is 14.2 Å². The summed E-state index contributed by atoms with van der Waals surface area (Å²) in [5.74, 6) is 0.0143. The molecule has 1 aromatic carbocycles. The van der Waals surface area contributed by atoms with Crippen molar-refractivity contribution in [2.45, 2.75) is 46.6 Å². The zero-order chi connectivity index (χ0) is 19.0. The molecular weight excluding hydrogens is 351 g/mol. The zero-order valence-electron chi connectivity index (χ0n) is 15.3. The molecule has 0 fully saturated rings. The fraction of sp³-hybridized carbons (Fsp3) is 0.350. The Morgan fingerprint density at radius 1 is 1.31 bits per heavy atom. The number of nitrogens with zero attached hydrogens (tertiary/aromatic N) is 2. The number of carbonyl (C=O) groups is 1. The molecule has 0 bridgehead atoms. The highest BCUT2D eigenvalue weighted by Gasteiger charge is 2.19. The maximum Gasteiger partial charge on any atom is 0.262 e. The molecule has 0 amide bonds. The molecule has 0 aliphatic heterocycles. The smallest absolute Gasteiger partial charge is 0.262 e. The van der Waals surface area contributed by atoms with Crippen LogP contribution >= 0.6 is 11.3 Å². The molecule has 0 saturated carbocycles. The van der Waals surface area contributed by atoms with Gasteiger partial charge in [-0.2, -0.15) is 0 Å². The Hall–Kier alpha value is -2.34. The Labute approximate surface area is 155 Å². The van der Waals surface area contributed by atoms with Gasteiger partial charge in [-0.15, -0.1) is 11.3 Å². The average Bonchev–Trinajstić information content (AvgIpc) is 3.03. The van der Waals surface area contributed by atoms with E-state index < -0.39 is 0 Å². The summed E-state index contributed by atoms with van der Waals surface area (Å²) in [6.07, 6.45) is 0.839. The minimum Gasteiger partial charge on any atom is -0.292 e. The van der Waals surface area contributed by atoms with Crippen molar-refractivity contribution in [3.8, 4) is 0 Å². The number of aromatic nitrogens is 2. The monoisotopic (exact) mass is 372 g/mol. The average molecular weight is 372 g/mol. The van der Waals surface area contributed by atoms with Gasteiger partial charge in [0.25, 0.3) is 5.56 Å². The first-order valence-electron chi connectivity index (χ1n) is 8.64. The van der Waals surface area contributed by atoms with Gasteiger partial charge < -0.3 is 0 Å². The van der Waals surface area contributed by atoms with E-state index in [0.717, 1.165) is 16.1 Å². The summed E-state index contributed by atoms with van der Waals surface area (Å²) >= 11 is 1.52. The lowest BCUT2D eigenvalue weighted by atomic mass is 10.1. The van der Waals surface area contributed by atoms with Crippen LogP contribution in [-0.2, 0) is 13.0 Å². The number of benzene rings is 1. The zero-order valence-corrected chi connectivity index (χ0v) is 16.1. The summed E-state index contributed by atoms with van der Waals surface area (Å²) in [5.41, 5.74) is 0.610. The molecule has 0 saturated heterocycles. The molecule has 136 valence electrons. The van der Waals surface area contributed by atoms with Crippen molar-refractivity contribution in [2.24, 2.45) is 0 Å². The van der Waals surface area contributed by atoms with Gasteiger partial charge in [-0.25, -0.2) is 9.37 Å². The molecule has 3 rings (SSSR count).